The maximum absolute atomic E-state index is 8.95. The molecular formula is C15H23N3O2S. The van der Waals surface area contributed by atoms with E-state index >= 15 is 0 Å². The summed E-state index contributed by atoms with van der Waals surface area (Å²) in [7, 11) is 0. The molecule has 1 fully saturated rings. The molecule has 0 aliphatic carbocycles. The number of hydrogen-bond donors (Lipinski definition) is 2. The summed E-state index contributed by atoms with van der Waals surface area (Å²) in [4.78, 5) is 4.41. The normalized spacial score (nSPS) is 15.8. The SMILES string of the molecule is CCOc1ccc(NC(=S)N2CCN(CCO)CC2)cc1. The minimum absolute atomic E-state index is 0.217. The number of rotatable bonds is 5. The highest BCUT2D eigenvalue weighted by Crippen LogP contribution is 2.16. The first kappa shape index (κ1) is 16.0. The first-order valence-electron chi connectivity index (χ1n) is 7.35. The van der Waals surface area contributed by atoms with E-state index < -0.39 is 0 Å². The third kappa shape index (κ3) is 4.84. The van der Waals surface area contributed by atoms with Crippen molar-refractivity contribution in [3.8, 4) is 5.75 Å². The number of β-amino-alcohol motifs (C(OH)–C–C–N with tert-alkyl or cyclic N) is 1. The molecule has 0 bridgehead atoms. The van der Waals surface area contributed by atoms with Crippen LogP contribution in [-0.2, 0) is 0 Å². The smallest absolute Gasteiger partial charge is 0.173 e. The van der Waals surface area contributed by atoms with E-state index in [4.69, 9.17) is 22.1 Å². The average molecular weight is 309 g/mol. The van der Waals surface area contributed by atoms with Gasteiger partial charge in [-0.05, 0) is 43.4 Å². The van der Waals surface area contributed by atoms with Crippen molar-refractivity contribution in [1.29, 1.82) is 0 Å². The Balaban J connectivity index is 1.81. The van der Waals surface area contributed by atoms with Gasteiger partial charge in [-0.3, -0.25) is 4.90 Å². The number of aliphatic hydroxyl groups excluding tert-OH is 1. The van der Waals surface area contributed by atoms with Crippen molar-refractivity contribution in [2.75, 3.05) is 51.3 Å². The molecule has 0 radical (unpaired) electrons. The van der Waals surface area contributed by atoms with Crippen molar-refractivity contribution >= 4 is 23.0 Å². The van der Waals surface area contributed by atoms with Gasteiger partial charge in [0, 0.05) is 38.4 Å². The van der Waals surface area contributed by atoms with Gasteiger partial charge in [0.25, 0.3) is 0 Å². The van der Waals surface area contributed by atoms with Crippen LogP contribution in [0.1, 0.15) is 6.92 Å². The Morgan fingerprint density at radius 1 is 1.24 bits per heavy atom. The Morgan fingerprint density at radius 3 is 2.48 bits per heavy atom. The van der Waals surface area contributed by atoms with E-state index in [1.807, 2.05) is 31.2 Å². The number of nitrogens with one attached hydrogen (secondary N) is 1. The molecule has 0 unspecified atom stereocenters. The number of aliphatic hydroxyl groups is 1. The maximum atomic E-state index is 8.95. The Kier molecular flexibility index (Phi) is 6.22. The molecule has 1 aliphatic rings. The fourth-order valence-corrected chi connectivity index (χ4v) is 2.62. The predicted octanol–water partition coefficient (Wildman–Crippen LogP) is 1.39. The van der Waals surface area contributed by atoms with Crippen LogP contribution in [0.2, 0.25) is 0 Å². The largest absolute Gasteiger partial charge is 0.494 e. The summed E-state index contributed by atoms with van der Waals surface area (Å²) >= 11 is 5.46. The summed E-state index contributed by atoms with van der Waals surface area (Å²) in [5, 5.41) is 13.0. The molecule has 0 atom stereocenters. The van der Waals surface area contributed by atoms with Crippen molar-refractivity contribution in [2.24, 2.45) is 0 Å². The van der Waals surface area contributed by atoms with Gasteiger partial charge in [-0.15, -0.1) is 0 Å². The van der Waals surface area contributed by atoms with Gasteiger partial charge in [-0.25, -0.2) is 0 Å². The highest BCUT2D eigenvalue weighted by Gasteiger charge is 2.18. The van der Waals surface area contributed by atoms with Gasteiger partial charge >= 0.3 is 0 Å². The van der Waals surface area contributed by atoms with Crippen LogP contribution in [0.4, 0.5) is 5.69 Å². The first-order valence-corrected chi connectivity index (χ1v) is 7.75. The third-order valence-electron chi connectivity index (χ3n) is 3.49. The van der Waals surface area contributed by atoms with Crippen molar-refractivity contribution in [1.82, 2.24) is 9.80 Å². The molecule has 0 saturated carbocycles. The Hall–Kier alpha value is -1.37. The number of piperazine rings is 1. The number of anilines is 1. The topological polar surface area (TPSA) is 48.0 Å². The maximum Gasteiger partial charge on any atom is 0.173 e. The van der Waals surface area contributed by atoms with Gasteiger partial charge < -0.3 is 20.1 Å². The van der Waals surface area contributed by atoms with Crippen LogP contribution in [0, 0.1) is 0 Å². The molecule has 2 rings (SSSR count). The van der Waals surface area contributed by atoms with E-state index in [0.717, 1.165) is 49.3 Å². The fourth-order valence-electron chi connectivity index (χ4n) is 2.32. The Labute approximate surface area is 131 Å². The monoisotopic (exact) mass is 309 g/mol. The molecule has 0 aromatic heterocycles. The van der Waals surface area contributed by atoms with Crippen molar-refractivity contribution < 1.29 is 9.84 Å². The van der Waals surface area contributed by atoms with Crippen LogP contribution in [0.3, 0.4) is 0 Å². The summed E-state index contributed by atoms with van der Waals surface area (Å²) in [5.74, 6) is 0.867. The van der Waals surface area contributed by atoms with Crippen LogP contribution < -0.4 is 10.1 Å². The molecule has 1 aliphatic heterocycles. The first-order chi connectivity index (χ1) is 10.2. The number of nitrogens with zero attached hydrogens (tertiary/aromatic N) is 2. The summed E-state index contributed by atoms with van der Waals surface area (Å²) in [6.45, 7) is 7.26. The molecule has 1 aromatic rings. The molecule has 0 spiro atoms. The lowest BCUT2D eigenvalue weighted by molar-refractivity contribution is 0.148. The zero-order valence-corrected chi connectivity index (χ0v) is 13.2. The molecule has 21 heavy (non-hydrogen) atoms. The lowest BCUT2D eigenvalue weighted by Gasteiger charge is -2.35. The molecule has 116 valence electrons. The minimum Gasteiger partial charge on any atom is -0.494 e. The van der Waals surface area contributed by atoms with Gasteiger partial charge in [0.1, 0.15) is 5.75 Å². The van der Waals surface area contributed by atoms with Gasteiger partial charge in [-0.2, -0.15) is 0 Å². The summed E-state index contributed by atoms with van der Waals surface area (Å²) in [5.41, 5.74) is 0.973. The predicted molar refractivity (Wildman–Crippen MR) is 88.9 cm³/mol. The van der Waals surface area contributed by atoms with Gasteiger partial charge in [-0.1, -0.05) is 0 Å². The summed E-state index contributed by atoms with van der Waals surface area (Å²) in [6.07, 6.45) is 0. The third-order valence-corrected chi connectivity index (χ3v) is 3.85. The van der Waals surface area contributed by atoms with E-state index in [1.54, 1.807) is 0 Å². The quantitative estimate of drug-likeness (QED) is 0.802. The zero-order valence-electron chi connectivity index (χ0n) is 12.4. The molecule has 1 aromatic carbocycles. The molecule has 0 amide bonds. The number of thiocarbonyl (C=S) groups is 1. The van der Waals surface area contributed by atoms with E-state index in [9.17, 15) is 0 Å². The van der Waals surface area contributed by atoms with Gasteiger partial charge in [0.15, 0.2) is 5.11 Å². The van der Waals surface area contributed by atoms with Crippen LogP contribution in [0.25, 0.3) is 0 Å². The van der Waals surface area contributed by atoms with E-state index in [0.29, 0.717) is 6.61 Å². The molecule has 1 saturated heterocycles. The summed E-state index contributed by atoms with van der Waals surface area (Å²) in [6, 6.07) is 7.82. The number of benzene rings is 1. The molecular weight excluding hydrogens is 286 g/mol. The van der Waals surface area contributed by atoms with Crippen LogP contribution in [-0.4, -0.2) is 66.0 Å². The Bertz CT molecular complexity index is 445. The lowest BCUT2D eigenvalue weighted by atomic mass is 10.3. The zero-order chi connectivity index (χ0) is 15.1. The second kappa shape index (κ2) is 8.17. The second-order valence-corrected chi connectivity index (χ2v) is 5.33. The number of ether oxygens (including phenoxy) is 1. The molecule has 1 heterocycles. The summed E-state index contributed by atoms with van der Waals surface area (Å²) < 4.78 is 5.42. The lowest BCUT2D eigenvalue weighted by Crippen LogP contribution is -2.50. The Morgan fingerprint density at radius 2 is 1.90 bits per heavy atom. The van der Waals surface area contributed by atoms with Crippen molar-refractivity contribution in [3.05, 3.63) is 24.3 Å². The molecule has 6 heteroatoms. The van der Waals surface area contributed by atoms with Crippen molar-refractivity contribution in [3.63, 3.8) is 0 Å². The van der Waals surface area contributed by atoms with Crippen LogP contribution >= 0.6 is 12.2 Å². The second-order valence-electron chi connectivity index (χ2n) is 4.94. The van der Waals surface area contributed by atoms with E-state index in [-0.39, 0.29) is 6.61 Å². The van der Waals surface area contributed by atoms with E-state index in [1.165, 1.54) is 0 Å². The average Bonchev–Trinajstić information content (AvgIpc) is 2.50. The number of hydrogen-bond acceptors (Lipinski definition) is 4. The standard InChI is InChI=1S/C15H23N3O2S/c1-2-20-14-5-3-13(4-6-14)16-15(21)18-9-7-17(8-10-18)11-12-19/h3-6,19H,2,7-12H2,1H3,(H,16,21). The highest BCUT2D eigenvalue weighted by molar-refractivity contribution is 7.80. The highest BCUT2D eigenvalue weighted by atomic mass is 32.1. The fraction of sp³-hybridized carbons (Fsp3) is 0.533. The van der Waals surface area contributed by atoms with Crippen LogP contribution in [0.5, 0.6) is 5.75 Å². The molecule has 5 nitrogen and oxygen atoms in total. The van der Waals surface area contributed by atoms with E-state index in [2.05, 4.69) is 15.1 Å². The van der Waals surface area contributed by atoms with Gasteiger partial charge in [0.05, 0.1) is 13.2 Å². The minimum atomic E-state index is 0.217. The molecule has 2 N–H and O–H groups in total. The van der Waals surface area contributed by atoms with Gasteiger partial charge in [0.2, 0.25) is 0 Å². The van der Waals surface area contributed by atoms with Crippen LogP contribution in [0.15, 0.2) is 24.3 Å². The van der Waals surface area contributed by atoms with Crippen molar-refractivity contribution in [2.45, 2.75) is 6.92 Å².